The van der Waals surface area contributed by atoms with Crippen LogP contribution in [-0.4, -0.2) is 30.6 Å². The zero-order chi connectivity index (χ0) is 24.8. The van der Waals surface area contributed by atoms with Gasteiger partial charge < -0.3 is 19.6 Å². The van der Waals surface area contributed by atoms with Crippen LogP contribution in [0.25, 0.3) is 32.8 Å². The number of carbonyl (C=O) groups is 1. The standard InChI is InChI=1S/C12H12N2O3.2C8H7N/c1-3-14-6-9(12(16)17)10(15)8-5-4-7(2)13-11(8)14;2*1-2-4-8-7(3-1)5-6-9-8/h4-6H,3H2,1-2H3,(H,16,17);2*1-6,9H. The molecule has 0 radical (unpaired) electrons. The largest absolute Gasteiger partial charge is 0.477 e. The monoisotopic (exact) mass is 466 g/mol. The first-order chi connectivity index (χ1) is 17.0. The number of benzene rings is 2. The van der Waals surface area contributed by atoms with Crippen LogP contribution in [0.2, 0.25) is 0 Å². The van der Waals surface area contributed by atoms with Gasteiger partial charge in [-0.2, -0.15) is 0 Å². The predicted octanol–water partition coefficient (Wildman–Crippen LogP) is 5.76. The van der Waals surface area contributed by atoms with Crippen LogP contribution < -0.4 is 5.43 Å². The Morgan fingerprint density at radius 3 is 1.97 bits per heavy atom. The number of carboxylic acid groups (broad SMARTS) is 1. The van der Waals surface area contributed by atoms with Gasteiger partial charge in [0.25, 0.3) is 0 Å². The highest BCUT2D eigenvalue weighted by atomic mass is 16.4. The van der Waals surface area contributed by atoms with Crippen LogP contribution in [0.15, 0.2) is 96.2 Å². The van der Waals surface area contributed by atoms with Gasteiger partial charge in [0.05, 0.1) is 5.39 Å². The Hall–Kier alpha value is -4.65. The maximum atomic E-state index is 11.9. The Bertz CT molecular complexity index is 1530. The number of pyridine rings is 2. The van der Waals surface area contributed by atoms with E-state index in [2.05, 4.69) is 51.4 Å². The van der Waals surface area contributed by atoms with Crippen molar-refractivity contribution in [3.8, 4) is 0 Å². The van der Waals surface area contributed by atoms with Gasteiger partial charge >= 0.3 is 5.97 Å². The van der Waals surface area contributed by atoms with Gasteiger partial charge in [-0.1, -0.05) is 36.4 Å². The number of aromatic nitrogens is 4. The van der Waals surface area contributed by atoms with E-state index in [-0.39, 0.29) is 5.56 Å². The quantitative estimate of drug-likeness (QED) is 0.302. The van der Waals surface area contributed by atoms with Gasteiger partial charge in [0, 0.05) is 41.9 Å². The number of fused-ring (bicyclic) bond motifs is 3. The summed E-state index contributed by atoms with van der Waals surface area (Å²) in [7, 11) is 0. The van der Waals surface area contributed by atoms with E-state index in [0.717, 1.165) is 5.69 Å². The molecule has 6 aromatic rings. The first-order valence-electron chi connectivity index (χ1n) is 11.3. The topological polar surface area (TPSA) is 104 Å². The fourth-order valence-electron chi connectivity index (χ4n) is 3.74. The normalized spacial score (nSPS) is 10.5. The fraction of sp³-hybridized carbons (Fsp3) is 0.107. The van der Waals surface area contributed by atoms with Crippen LogP contribution in [0.1, 0.15) is 23.0 Å². The van der Waals surface area contributed by atoms with Crippen LogP contribution in [0.4, 0.5) is 0 Å². The molecule has 0 unspecified atom stereocenters. The van der Waals surface area contributed by atoms with Crippen molar-refractivity contribution in [1.82, 2.24) is 19.5 Å². The molecule has 0 saturated carbocycles. The summed E-state index contributed by atoms with van der Waals surface area (Å²) in [5.41, 5.74) is 3.04. The van der Waals surface area contributed by atoms with Crippen LogP contribution in [0, 0.1) is 6.92 Å². The molecule has 0 saturated heterocycles. The van der Waals surface area contributed by atoms with Crippen molar-refractivity contribution in [2.24, 2.45) is 0 Å². The van der Waals surface area contributed by atoms with Gasteiger partial charge in [-0.15, -0.1) is 0 Å². The summed E-state index contributed by atoms with van der Waals surface area (Å²) >= 11 is 0. The van der Waals surface area contributed by atoms with Gasteiger partial charge in [-0.25, -0.2) is 9.78 Å². The van der Waals surface area contributed by atoms with Crippen molar-refractivity contribution in [3.63, 3.8) is 0 Å². The number of aromatic carboxylic acids is 1. The molecule has 0 aliphatic heterocycles. The lowest BCUT2D eigenvalue weighted by Gasteiger charge is -2.09. The maximum Gasteiger partial charge on any atom is 0.341 e. The minimum atomic E-state index is -1.21. The molecule has 0 amide bonds. The van der Waals surface area contributed by atoms with Gasteiger partial charge in [0.15, 0.2) is 0 Å². The Labute approximate surface area is 201 Å². The molecule has 0 atom stereocenters. The molecule has 6 rings (SSSR count). The molecule has 0 fully saturated rings. The van der Waals surface area contributed by atoms with Gasteiger partial charge in [-0.05, 0) is 61.0 Å². The molecule has 7 nitrogen and oxygen atoms in total. The van der Waals surface area contributed by atoms with Crippen molar-refractivity contribution in [3.05, 3.63) is 113 Å². The summed E-state index contributed by atoms with van der Waals surface area (Å²) in [5.74, 6) is -1.21. The SMILES string of the molecule is CCn1cc(C(=O)O)c(=O)c2ccc(C)nc21.c1ccc2[nH]ccc2c1.c1ccc2[nH]ccc2c1. The first-order valence-corrected chi connectivity index (χ1v) is 11.3. The zero-order valence-corrected chi connectivity index (χ0v) is 19.5. The third-order valence-electron chi connectivity index (χ3n) is 5.56. The minimum Gasteiger partial charge on any atom is -0.477 e. The number of para-hydroxylation sites is 2. The number of hydrogen-bond acceptors (Lipinski definition) is 3. The average molecular weight is 467 g/mol. The molecule has 2 aromatic carbocycles. The Morgan fingerprint density at radius 2 is 1.46 bits per heavy atom. The Balaban J connectivity index is 0.000000134. The van der Waals surface area contributed by atoms with Crippen molar-refractivity contribution < 1.29 is 9.90 Å². The molecule has 4 heterocycles. The van der Waals surface area contributed by atoms with E-state index in [0.29, 0.717) is 17.6 Å². The molecule has 176 valence electrons. The third-order valence-corrected chi connectivity index (χ3v) is 5.56. The molecule has 0 aliphatic rings. The average Bonchev–Trinajstić information content (AvgIpc) is 3.54. The summed E-state index contributed by atoms with van der Waals surface area (Å²) in [5, 5.41) is 11.9. The fourth-order valence-corrected chi connectivity index (χ4v) is 3.74. The highest BCUT2D eigenvalue weighted by Gasteiger charge is 2.14. The lowest BCUT2D eigenvalue weighted by Crippen LogP contribution is -2.19. The van der Waals surface area contributed by atoms with E-state index in [9.17, 15) is 9.59 Å². The minimum absolute atomic E-state index is 0.218. The number of nitrogens with zero attached hydrogens (tertiary/aromatic N) is 2. The summed E-state index contributed by atoms with van der Waals surface area (Å²) in [6, 6.07) is 23.9. The number of aryl methyl sites for hydroxylation is 2. The molecule has 0 spiro atoms. The van der Waals surface area contributed by atoms with Crippen molar-refractivity contribution in [2.75, 3.05) is 0 Å². The number of carboxylic acids is 1. The van der Waals surface area contributed by atoms with E-state index < -0.39 is 11.4 Å². The van der Waals surface area contributed by atoms with Crippen LogP contribution in [0.5, 0.6) is 0 Å². The number of hydrogen-bond donors (Lipinski definition) is 3. The number of nitrogens with one attached hydrogen (secondary N) is 2. The van der Waals surface area contributed by atoms with E-state index in [1.165, 1.54) is 28.0 Å². The number of H-pyrrole nitrogens is 2. The van der Waals surface area contributed by atoms with Crippen molar-refractivity contribution in [2.45, 2.75) is 20.4 Å². The molecular formula is C28H26N4O3. The molecule has 0 bridgehead atoms. The summed E-state index contributed by atoms with van der Waals surface area (Å²) in [4.78, 5) is 33.4. The van der Waals surface area contributed by atoms with Crippen LogP contribution in [0.3, 0.4) is 0 Å². The van der Waals surface area contributed by atoms with Crippen molar-refractivity contribution >= 4 is 38.8 Å². The molecule has 4 aromatic heterocycles. The van der Waals surface area contributed by atoms with Crippen LogP contribution >= 0.6 is 0 Å². The highest BCUT2D eigenvalue weighted by molar-refractivity contribution is 5.91. The second-order valence-electron chi connectivity index (χ2n) is 7.92. The second-order valence-corrected chi connectivity index (χ2v) is 7.92. The lowest BCUT2D eigenvalue weighted by atomic mass is 10.2. The summed E-state index contributed by atoms with van der Waals surface area (Å²) < 4.78 is 1.67. The van der Waals surface area contributed by atoms with Gasteiger partial charge in [0.2, 0.25) is 5.43 Å². The molecule has 0 aliphatic carbocycles. The zero-order valence-electron chi connectivity index (χ0n) is 19.5. The summed E-state index contributed by atoms with van der Waals surface area (Å²) in [6.07, 6.45) is 5.24. The van der Waals surface area contributed by atoms with Crippen molar-refractivity contribution in [1.29, 1.82) is 0 Å². The lowest BCUT2D eigenvalue weighted by molar-refractivity contribution is 0.0695. The third kappa shape index (κ3) is 5.30. The van der Waals surface area contributed by atoms with E-state index in [4.69, 9.17) is 5.11 Å². The van der Waals surface area contributed by atoms with Crippen LogP contribution in [-0.2, 0) is 6.54 Å². The van der Waals surface area contributed by atoms with E-state index in [1.54, 1.807) is 16.7 Å². The summed E-state index contributed by atoms with van der Waals surface area (Å²) in [6.45, 7) is 4.27. The Kier molecular flexibility index (Phi) is 7.07. The molecular weight excluding hydrogens is 440 g/mol. The first kappa shape index (κ1) is 23.5. The number of rotatable bonds is 2. The maximum absolute atomic E-state index is 11.9. The van der Waals surface area contributed by atoms with Gasteiger partial charge in [0.1, 0.15) is 11.2 Å². The smallest absolute Gasteiger partial charge is 0.341 e. The molecule has 7 heteroatoms. The Morgan fingerprint density at radius 1 is 0.886 bits per heavy atom. The van der Waals surface area contributed by atoms with Gasteiger partial charge in [-0.3, -0.25) is 4.79 Å². The van der Waals surface area contributed by atoms with E-state index >= 15 is 0 Å². The highest BCUT2D eigenvalue weighted by Crippen LogP contribution is 2.11. The molecule has 35 heavy (non-hydrogen) atoms. The predicted molar refractivity (Wildman–Crippen MR) is 140 cm³/mol. The van der Waals surface area contributed by atoms with E-state index in [1.807, 2.05) is 50.5 Å². The molecule has 3 N–H and O–H groups in total. The second kappa shape index (κ2) is 10.5. The number of aromatic amines is 2.